The van der Waals surface area contributed by atoms with E-state index in [1.807, 2.05) is 30.3 Å². The molecule has 0 aliphatic rings. The molecule has 6 aromatic rings. The van der Waals surface area contributed by atoms with Crippen molar-refractivity contribution in [2.75, 3.05) is 0 Å². The Kier molecular flexibility index (Phi) is 11.1. The van der Waals surface area contributed by atoms with Gasteiger partial charge in [-0.15, -0.1) is 6.42 Å². The molecule has 6 rings (SSSR count). The number of hydrogen-bond acceptors (Lipinski definition) is 6. The second-order valence-corrected chi connectivity index (χ2v) is 9.60. The molecule has 212 valence electrons. The summed E-state index contributed by atoms with van der Waals surface area (Å²) in [7, 11) is 0. The van der Waals surface area contributed by atoms with E-state index in [0.29, 0.717) is 38.8 Å². The summed E-state index contributed by atoms with van der Waals surface area (Å²) in [5.41, 5.74) is 1.37. The van der Waals surface area contributed by atoms with Gasteiger partial charge in [0.1, 0.15) is 21.9 Å². The predicted molar refractivity (Wildman–Crippen MR) is 163 cm³/mol. The molecule has 43 heavy (non-hydrogen) atoms. The summed E-state index contributed by atoms with van der Waals surface area (Å²) in [5, 5.41) is 8.97. The normalized spacial score (nSPS) is 9.77. The van der Waals surface area contributed by atoms with E-state index < -0.39 is 11.6 Å². The first-order valence-corrected chi connectivity index (χ1v) is 13.6. The zero-order chi connectivity index (χ0) is 30.6. The Labute approximate surface area is 263 Å². The van der Waals surface area contributed by atoms with Crippen molar-refractivity contribution in [3.63, 3.8) is 0 Å². The lowest BCUT2D eigenvalue weighted by atomic mass is 10.3. The fraction of sp³-hybridized carbons (Fsp3) is 0. The maximum atomic E-state index is 12.8. The van der Waals surface area contributed by atoms with Crippen LogP contribution in [0.25, 0.3) is 11.6 Å². The Morgan fingerprint density at radius 2 is 1.23 bits per heavy atom. The minimum Gasteiger partial charge on any atom is -0.249 e. The van der Waals surface area contributed by atoms with Crippen LogP contribution in [-0.4, -0.2) is 39.5 Å². The second kappa shape index (κ2) is 15.3. The summed E-state index contributed by atoms with van der Waals surface area (Å²) in [4.78, 5) is 15.8. The average molecular weight is 678 g/mol. The van der Waals surface area contributed by atoms with Gasteiger partial charge in [0.25, 0.3) is 0 Å². The first kappa shape index (κ1) is 31.0. The average Bonchev–Trinajstić information content (AvgIpc) is 3.60. The third kappa shape index (κ3) is 9.28. The van der Waals surface area contributed by atoms with Crippen LogP contribution in [-0.2, 0) is 0 Å². The Morgan fingerprint density at radius 3 is 1.65 bits per heavy atom. The summed E-state index contributed by atoms with van der Waals surface area (Å²) in [6.45, 7) is 0. The zero-order valence-electron chi connectivity index (χ0n) is 21.8. The van der Waals surface area contributed by atoms with Gasteiger partial charge in [0, 0.05) is 12.4 Å². The van der Waals surface area contributed by atoms with E-state index in [-0.39, 0.29) is 0 Å². The second-order valence-electron chi connectivity index (χ2n) is 7.97. The first-order chi connectivity index (χ1) is 20.8. The Morgan fingerprint density at radius 1 is 0.674 bits per heavy atom. The molecule has 6 aromatic heterocycles. The summed E-state index contributed by atoms with van der Waals surface area (Å²) in [5.74, 6) is 8.16. The zero-order valence-corrected chi connectivity index (χ0v) is 24.9. The van der Waals surface area contributed by atoms with Gasteiger partial charge in [-0.05, 0) is 82.2 Å². The minimum atomic E-state index is -0.410. The van der Waals surface area contributed by atoms with Crippen LogP contribution in [0.1, 0.15) is 17.1 Å². The van der Waals surface area contributed by atoms with Crippen molar-refractivity contribution < 1.29 is 8.78 Å². The maximum Gasteiger partial charge on any atom is 0.154 e. The summed E-state index contributed by atoms with van der Waals surface area (Å²) >= 11 is 15.1. The number of nitrogens with zero attached hydrogens (tertiary/aromatic N) is 8. The standard InChI is InChI=1S/C15H8ClFN4.C10H5ClFN3.C5H4BrN/c16-13-10-21(15-7-4-11(17)9-19-15)20-14(13)6-5-12-3-1-2-8-18-12;1-2-9-8(11)6-15(14-9)10-4-3-7(12)5-13-10;6-5-3-1-2-4-7-5/h1-4,7-10H;1,3-6H;1-4H. The van der Waals surface area contributed by atoms with E-state index in [9.17, 15) is 8.78 Å². The molecule has 0 atom stereocenters. The van der Waals surface area contributed by atoms with E-state index in [2.05, 4.69) is 63.8 Å². The Bertz CT molecular complexity index is 1880. The predicted octanol–water partition coefficient (Wildman–Crippen LogP) is 6.74. The molecule has 0 saturated carbocycles. The van der Waals surface area contributed by atoms with Gasteiger partial charge in [-0.3, -0.25) is 0 Å². The number of rotatable bonds is 2. The van der Waals surface area contributed by atoms with Crippen molar-refractivity contribution in [2.24, 2.45) is 0 Å². The van der Waals surface area contributed by atoms with Crippen LogP contribution in [0.4, 0.5) is 8.78 Å². The van der Waals surface area contributed by atoms with Crippen LogP contribution in [0.2, 0.25) is 10.0 Å². The fourth-order valence-corrected chi connectivity index (χ4v) is 3.67. The van der Waals surface area contributed by atoms with Crippen LogP contribution in [0.3, 0.4) is 0 Å². The highest BCUT2D eigenvalue weighted by atomic mass is 79.9. The molecule has 0 aromatic carbocycles. The van der Waals surface area contributed by atoms with E-state index in [0.717, 1.165) is 17.0 Å². The SMILES string of the molecule is Brc1ccccn1.C#Cc1nn(-c2ccc(F)cn2)cc1Cl.Fc1ccc(-n2cc(Cl)c(C#Cc3ccccn3)n2)nc1. The lowest BCUT2D eigenvalue weighted by Gasteiger charge is -1.97. The molecule has 0 bridgehead atoms. The van der Waals surface area contributed by atoms with Crippen LogP contribution >= 0.6 is 39.1 Å². The van der Waals surface area contributed by atoms with Crippen LogP contribution in [0, 0.1) is 35.8 Å². The molecule has 0 radical (unpaired) electrons. The molecular weight excluding hydrogens is 661 g/mol. The Hall–Kier alpha value is -4.94. The topological polar surface area (TPSA) is 87.2 Å². The van der Waals surface area contributed by atoms with E-state index in [1.165, 1.54) is 39.8 Å². The van der Waals surface area contributed by atoms with Gasteiger partial charge in [0.15, 0.2) is 23.0 Å². The molecule has 0 aliphatic heterocycles. The van der Waals surface area contributed by atoms with Crippen molar-refractivity contribution in [1.82, 2.24) is 39.5 Å². The Balaban J connectivity index is 0.000000167. The number of aromatic nitrogens is 8. The quantitative estimate of drug-likeness (QED) is 0.149. The van der Waals surface area contributed by atoms with E-state index in [4.69, 9.17) is 29.6 Å². The van der Waals surface area contributed by atoms with Crippen molar-refractivity contribution in [3.8, 4) is 35.8 Å². The third-order valence-electron chi connectivity index (χ3n) is 4.97. The molecular formula is C30H17BrCl2F2N8. The monoisotopic (exact) mass is 676 g/mol. The van der Waals surface area contributed by atoms with E-state index in [1.54, 1.807) is 24.7 Å². The number of hydrogen-bond donors (Lipinski definition) is 0. The van der Waals surface area contributed by atoms with Crippen LogP contribution in [0.15, 0.2) is 102 Å². The highest BCUT2D eigenvalue weighted by Gasteiger charge is 2.08. The fourth-order valence-electron chi connectivity index (χ4n) is 3.03. The molecule has 0 N–H and O–H groups in total. The largest absolute Gasteiger partial charge is 0.249 e. The van der Waals surface area contributed by atoms with E-state index >= 15 is 0 Å². The van der Waals surface area contributed by atoms with Gasteiger partial charge < -0.3 is 0 Å². The van der Waals surface area contributed by atoms with Gasteiger partial charge in [0.2, 0.25) is 0 Å². The first-order valence-electron chi connectivity index (χ1n) is 12.0. The highest BCUT2D eigenvalue weighted by Crippen LogP contribution is 2.16. The molecule has 0 spiro atoms. The van der Waals surface area contributed by atoms with Gasteiger partial charge >= 0.3 is 0 Å². The molecule has 0 unspecified atom stereocenters. The summed E-state index contributed by atoms with van der Waals surface area (Å²) in [6.07, 6.45) is 13.9. The lowest BCUT2D eigenvalue weighted by Crippen LogP contribution is -1.98. The molecule has 0 fully saturated rings. The van der Waals surface area contributed by atoms with Crippen molar-refractivity contribution in [2.45, 2.75) is 0 Å². The molecule has 0 aliphatic carbocycles. The summed E-state index contributed by atoms with van der Waals surface area (Å²) < 4.78 is 29.2. The smallest absolute Gasteiger partial charge is 0.154 e. The van der Waals surface area contributed by atoms with Crippen molar-refractivity contribution >= 4 is 39.1 Å². The van der Waals surface area contributed by atoms with Crippen LogP contribution in [0.5, 0.6) is 0 Å². The highest BCUT2D eigenvalue weighted by molar-refractivity contribution is 9.10. The molecule has 13 heteroatoms. The minimum absolute atomic E-state index is 0.336. The number of halogens is 5. The summed E-state index contributed by atoms with van der Waals surface area (Å²) in [6, 6.07) is 16.7. The molecule has 0 amide bonds. The third-order valence-corrected chi connectivity index (χ3v) is 5.99. The van der Waals surface area contributed by atoms with Gasteiger partial charge in [-0.2, -0.15) is 10.2 Å². The van der Waals surface area contributed by atoms with Crippen molar-refractivity contribution in [1.29, 1.82) is 0 Å². The van der Waals surface area contributed by atoms with Gasteiger partial charge in [-0.1, -0.05) is 35.3 Å². The van der Waals surface area contributed by atoms with Crippen LogP contribution < -0.4 is 0 Å². The van der Waals surface area contributed by atoms with Gasteiger partial charge in [-0.25, -0.2) is 38.1 Å². The molecule has 0 saturated heterocycles. The number of pyridine rings is 4. The lowest BCUT2D eigenvalue weighted by molar-refractivity contribution is 0.618. The number of terminal acetylenes is 1. The van der Waals surface area contributed by atoms with Gasteiger partial charge in [0.05, 0.1) is 34.8 Å². The van der Waals surface area contributed by atoms with Crippen molar-refractivity contribution in [3.05, 3.63) is 141 Å². The maximum absolute atomic E-state index is 12.8. The molecule has 6 heterocycles. The molecule has 8 nitrogen and oxygen atoms in total.